The number of benzene rings is 1. The van der Waals surface area contributed by atoms with Crippen LogP contribution in [0.4, 0.5) is 0 Å². The number of rotatable bonds is 3. The lowest BCUT2D eigenvalue weighted by Gasteiger charge is -2.33. The van der Waals surface area contributed by atoms with Gasteiger partial charge in [0.1, 0.15) is 36.7 Å². The van der Waals surface area contributed by atoms with Crippen molar-refractivity contribution in [2.45, 2.75) is 68.9 Å². The maximum Gasteiger partial charge on any atom is 0.169 e. The molecule has 0 amide bonds. The molecule has 0 unspecified atom stereocenters. The molecule has 6 nitrogen and oxygen atoms in total. The fourth-order valence-electron chi connectivity index (χ4n) is 3.85. The first kappa shape index (κ1) is 16.0. The molecule has 2 N–H and O–H groups in total. The highest BCUT2D eigenvalue weighted by Crippen LogP contribution is 2.45. The van der Waals surface area contributed by atoms with Gasteiger partial charge in [-0.3, -0.25) is 0 Å². The van der Waals surface area contributed by atoms with E-state index < -0.39 is 30.2 Å². The van der Waals surface area contributed by atoms with Crippen LogP contribution in [-0.4, -0.2) is 46.1 Å². The van der Waals surface area contributed by atoms with Crippen LogP contribution in [-0.2, 0) is 20.9 Å². The van der Waals surface area contributed by atoms with E-state index in [1.807, 2.05) is 30.3 Å². The van der Waals surface area contributed by atoms with Gasteiger partial charge in [0.15, 0.2) is 5.79 Å². The maximum atomic E-state index is 10.5. The van der Waals surface area contributed by atoms with Crippen LogP contribution in [0.15, 0.2) is 35.5 Å². The predicted molar refractivity (Wildman–Crippen MR) is 86.2 cm³/mol. The van der Waals surface area contributed by atoms with Crippen molar-refractivity contribution < 1.29 is 24.5 Å². The average Bonchev–Trinajstić information content (AvgIpc) is 3.07. The molecule has 1 aliphatic heterocycles. The summed E-state index contributed by atoms with van der Waals surface area (Å²) in [5.74, 6) is -0.633. The van der Waals surface area contributed by atoms with E-state index in [0.717, 1.165) is 31.2 Å². The van der Waals surface area contributed by atoms with Gasteiger partial charge in [-0.05, 0) is 18.4 Å². The van der Waals surface area contributed by atoms with Crippen molar-refractivity contribution in [3.63, 3.8) is 0 Å². The molecule has 1 aromatic carbocycles. The third-order valence-electron chi connectivity index (χ3n) is 5.11. The SMILES string of the molecule is O[C@@H]1C(=NOCc2ccccc2)[C@H](O)[C@H]2OC3(CCCCC3)O[C@H]21. The van der Waals surface area contributed by atoms with Crippen LogP contribution in [0, 0.1) is 0 Å². The summed E-state index contributed by atoms with van der Waals surface area (Å²) in [5, 5.41) is 24.9. The number of hydrogen-bond donors (Lipinski definition) is 2. The topological polar surface area (TPSA) is 80.5 Å². The monoisotopic (exact) mass is 333 g/mol. The molecule has 2 saturated carbocycles. The van der Waals surface area contributed by atoms with Gasteiger partial charge < -0.3 is 24.5 Å². The molecule has 1 saturated heterocycles. The van der Waals surface area contributed by atoms with Crippen LogP contribution in [0.25, 0.3) is 0 Å². The Bertz CT molecular complexity index is 577. The largest absolute Gasteiger partial charge is 0.391 e. The normalized spacial score (nSPS) is 36.2. The van der Waals surface area contributed by atoms with E-state index in [9.17, 15) is 10.2 Å². The molecule has 2 aliphatic carbocycles. The van der Waals surface area contributed by atoms with Crippen molar-refractivity contribution in [2.24, 2.45) is 5.16 Å². The van der Waals surface area contributed by atoms with Crippen LogP contribution < -0.4 is 0 Å². The van der Waals surface area contributed by atoms with E-state index in [-0.39, 0.29) is 12.3 Å². The Balaban J connectivity index is 1.42. The van der Waals surface area contributed by atoms with Crippen molar-refractivity contribution in [1.29, 1.82) is 0 Å². The molecule has 0 bridgehead atoms. The zero-order chi connectivity index (χ0) is 16.6. The first-order valence-electron chi connectivity index (χ1n) is 8.64. The molecule has 130 valence electrons. The minimum Gasteiger partial charge on any atom is -0.391 e. The van der Waals surface area contributed by atoms with Gasteiger partial charge in [-0.1, -0.05) is 41.9 Å². The first-order valence-corrected chi connectivity index (χ1v) is 8.64. The molecule has 1 spiro atoms. The minimum absolute atomic E-state index is 0.187. The van der Waals surface area contributed by atoms with Crippen LogP contribution in [0.2, 0.25) is 0 Å². The maximum absolute atomic E-state index is 10.5. The van der Waals surface area contributed by atoms with E-state index in [1.165, 1.54) is 6.42 Å². The van der Waals surface area contributed by atoms with Gasteiger partial charge in [0.2, 0.25) is 0 Å². The lowest BCUT2D eigenvalue weighted by atomic mass is 9.94. The van der Waals surface area contributed by atoms with E-state index in [0.29, 0.717) is 0 Å². The molecule has 4 atom stereocenters. The van der Waals surface area contributed by atoms with Crippen molar-refractivity contribution in [2.75, 3.05) is 0 Å². The predicted octanol–water partition coefficient (Wildman–Crippen LogP) is 1.74. The van der Waals surface area contributed by atoms with Crippen LogP contribution in [0.1, 0.15) is 37.7 Å². The molecule has 4 rings (SSSR count). The molecule has 1 aromatic rings. The molecule has 3 fully saturated rings. The fourth-order valence-corrected chi connectivity index (χ4v) is 3.85. The second-order valence-electron chi connectivity index (χ2n) is 6.80. The zero-order valence-electron chi connectivity index (χ0n) is 13.5. The molecule has 0 radical (unpaired) electrons. The number of ether oxygens (including phenoxy) is 2. The summed E-state index contributed by atoms with van der Waals surface area (Å²) in [4.78, 5) is 5.30. The molecule has 6 heteroatoms. The summed E-state index contributed by atoms with van der Waals surface area (Å²) in [6.45, 7) is 0.283. The van der Waals surface area contributed by atoms with E-state index in [2.05, 4.69) is 5.16 Å². The first-order chi connectivity index (χ1) is 11.7. The highest BCUT2D eigenvalue weighted by Gasteiger charge is 2.59. The van der Waals surface area contributed by atoms with Crippen molar-refractivity contribution in [3.8, 4) is 0 Å². The van der Waals surface area contributed by atoms with Crippen molar-refractivity contribution in [3.05, 3.63) is 35.9 Å². The van der Waals surface area contributed by atoms with Crippen molar-refractivity contribution >= 4 is 5.71 Å². The van der Waals surface area contributed by atoms with Gasteiger partial charge in [0.25, 0.3) is 0 Å². The summed E-state index contributed by atoms with van der Waals surface area (Å²) in [6, 6.07) is 9.61. The Morgan fingerprint density at radius 2 is 1.62 bits per heavy atom. The molecule has 3 aliphatic rings. The summed E-state index contributed by atoms with van der Waals surface area (Å²) >= 11 is 0. The molecular formula is C18H23NO5. The minimum atomic E-state index is -0.998. The Kier molecular flexibility index (Phi) is 4.30. The second-order valence-corrected chi connectivity index (χ2v) is 6.80. The number of hydrogen-bond acceptors (Lipinski definition) is 6. The van der Waals surface area contributed by atoms with Crippen LogP contribution in [0.3, 0.4) is 0 Å². The van der Waals surface area contributed by atoms with E-state index >= 15 is 0 Å². The van der Waals surface area contributed by atoms with Gasteiger partial charge in [-0.2, -0.15) is 0 Å². The number of nitrogens with zero attached hydrogens (tertiary/aromatic N) is 1. The lowest BCUT2D eigenvalue weighted by molar-refractivity contribution is -0.204. The standard InChI is InChI=1S/C18H23NO5/c20-14-13(19-22-11-12-7-3-1-4-8-12)15(21)17-16(14)23-18(24-17)9-5-2-6-10-18/h1,3-4,7-8,14-17,20-21H,2,5-6,9-11H2/t14-,15+,16+,17-. The fraction of sp³-hybridized carbons (Fsp3) is 0.611. The zero-order valence-corrected chi connectivity index (χ0v) is 13.5. The Hall–Kier alpha value is -1.47. The van der Waals surface area contributed by atoms with Crippen molar-refractivity contribution in [1.82, 2.24) is 0 Å². The summed E-state index contributed by atoms with van der Waals surface area (Å²) in [5.41, 5.74) is 1.16. The third kappa shape index (κ3) is 2.84. The van der Waals surface area contributed by atoms with E-state index in [4.69, 9.17) is 14.3 Å². The third-order valence-corrected chi connectivity index (χ3v) is 5.11. The molecule has 24 heavy (non-hydrogen) atoms. The number of fused-ring (bicyclic) bond motifs is 1. The van der Waals surface area contributed by atoms with Gasteiger partial charge in [0.05, 0.1) is 0 Å². The number of oxime groups is 1. The Morgan fingerprint density at radius 3 is 2.25 bits per heavy atom. The van der Waals surface area contributed by atoms with Gasteiger partial charge >= 0.3 is 0 Å². The van der Waals surface area contributed by atoms with E-state index in [1.54, 1.807) is 0 Å². The molecule has 1 heterocycles. The quantitative estimate of drug-likeness (QED) is 0.824. The summed E-state index contributed by atoms with van der Waals surface area (Å²) in [7, 11) is 0. The van der Waals surface area contributed by atoms with Crippen LogP contribution >= 0.6 is 0 Å². The molecule has 0 aromatic heterocycles. The van der Waals surface area contributed by atoms with Gasteiger partial charge in [-0.25, -0.2) is 0 Å². The van der Waals surface area contributed by atoms with Gasteiger partial charge in [-0.15, -0.1) is 0 Å². The Morgan fingerprint density at radius 1 is 1.00 bits per heavy atom. The lowest BCUT2D eigenvalue weighted by Crippen LogP contribution is -2.39. The van der Waals surface area contributed by atoms with Gasteiger partial charge in [0, 0.05) is 12.8 Å². The summed E-state index contributed by atoms with van der Waals surface area (Å²) in [6.07, 6.45) is 1.76. The number of aliphatic hydroxyl groups excluding tert-OH is 2. The number of aliphatic hydroxyl groups is 2. The smallest absolute Gasteiger partial charge is 0.169 e. The Labute approximate surface area is 141 Å². The highest BCUT2D eigenvalue weighted by molar-refractivity contribution is 5.95. The highest BCUT2D eigenvalue weighted by atomic mass is 16.8. The summed E-state index contributed by atoms with van der Waals surface area (Å²) < 4.78 is 12.0. The second kappa shape index (κ2) is 6.44. The molecular weight excluding hydrogens is 310 g/mol. The van der Waals surface area contributed by atoms with Crippen LogP contribution in [0.5, 0.6) is 0 Å². The average molecular weight is 333 g/mol.